The van der Waals surface area contributed by atoms with Crippen LogP contribution in [0.15, 0.2) is 18.2 Å². The van der Waals surface area contributed by atoms with Gasteiger partial charge in [0.15, 0.2) is 6.10 Å². The van der Waals surface area contributed by atoms with Gasteiger partial charge in [0.25, 0.3) is 11.7 Å². The number of hydrogen-bond acceptors (Lipinski definition) is 5. The van der Waals surface area contributed by atoms with Crippen LogP contribution in [0.3, 0.4) is 0 Å². The highest BCUT2D eigenvalue weighted by Gasteiger charge is 2.27. The Morgan fingerprint density at radius 2 is 1.88 bits per heavy atom. The van der Waals surface area contributed by atoms with Crippen LogP contribution in [-0.2, 0) is 21.4 Å². The standard InChI is InChI=1S/C17H18N2O7/c1-8-13(15(22)16(18)23)14-9(19(8)2)4-3-5-10(14)26-11(17(24)25)6-7-12(20)21/h3-5,11H,6-7H2,1-2H3,(H2,18,23)(H,20,21)(H,24,25). The third kappa shape index (κ3) is 3.51. The molecule has 1 aromatic carbocycles. The number of Topliss-reactive ketones (excluding diaryl/α,β-unsaturated/α-hetero) is 1. The van der Waals surface area contributed by atoms with Crippen molar-refractivity contribution in [2.24, 2.45) is 12.8 Å². The van der Waals surface area contributed by atoms with E-state index in [2.05, 4.69) is 0 Å². The fraction of sp³-hybridized carbons (Fsp3) is 0.294. The summed E-state index contributed by atoms with van der Waals surface area (Å²) in [7, 11) is 1.68. The van der Waals surface area contributed by atoms with Crippen LogP contribution in [0.5, 0.6) is 5.75 Å². The number of carboxylic acid groups (broad SMARTS) is 2. The molecule has 1 aromatic heterocycles. The number of carbonyl (C=O) groups is 4. The molecule has 0 radical (unpaired) electrons. The molecular weight excluding hydrogens is 344 g/mol. The highest BCUT2D eigenvalue weighted by molar-refractivity contribution is 6.45. The Kier molecular flexibility index (Phi) is 5.30. The molecule has 1 amide bonds. The van der Waals surface area contributed by atoms with Crippen molar-refractivity contribution in [1.29, 1.82) is 0 Å². The van der Waals surface area contributed by atoms with Crippen molar-refractivity contribution in [2.45, 2.75) is 25.9 Å². The normalized spacial score (nSPS) is 11.9. The fourth-order valence-electron chi connectivity index (χ4n) is 2.72. The first-order valence-corrected chi connectivity index (χ1v) is 7.68. The van der Waals surface area contributed by atoms with Gasteiger partial charge in [-0.15, -0.1) is 0 Å². The molecule has 0 fully saturated rings. The molecule has 1 atom stereocenters. The van der Waals surface area contributed by atoms with Gasteiger partial charge in [-0.05, 0) is 19.1 Å². The summed E-state index contributed by atoms with van der Waals surface area (Å²) in [5.74, 6) is -4.48. The van der Waals surface area contributed by atoms with Crippen LogP contribution in [0.4, 0.5) is 0 Å². The maximum atomic E-state index is 12.2. The summed E-state index contributed by atoms with van der Waals surface area (Å²) < 4.78 is 7.16. The molecule has 0 saturated carbocycles. The molecule has 1 heterocycles. The topological polar surface area (TPSA) is 149 Å². The number of ketones is 1. The molecule has 0 aliphatic heterocycles. The number of nitrogens with two attached hydrogens (primary N) is 1. The van der Waals surface area contributed by atoms with E-state index in [9.17, 15) is 24.3 Å². The van der Waals surface area contributed by atoms with E-state index in [1.54, 1.807) is 30.7 Å². The predicted molar refractivity (Wildman–Crippen MR) is 90.1 cm³/mol. The molecule has 0 saturated heterocycles. The summed E-state index contributed by atoms with van der Waals surface area (Å²) in [5.41, 5.74) is 6.17. The second-order valence-electron chi connectivity index (χ2n) is 5.74. The van der Waals surface area contributed by atoms with Gasteiger partial charge in [0.1, 0.15) is 5.75 Å². The number of aryl methyl sites for hydroxylation is 1. The van der Waals surface area contributed by atoms with Crippen LogP contribution in [0.25, 0.3) is 10.9 Å². The molecule has 4 N–H and O–H groups in total. The average molecular weight is 362 g/mol. The molecule has 0 aliphatic rings. The van der Waals surface area contributed by atoms with Crippen LogP contribution in [-0.4, -0.2) is 44.5 Å². The largest absolute Gasteiger partial charge is 0.481 e. The monoisotopic (exact) mass is 362 g/mol. The zero-order chi connectivity index (χ0) is 19.6. The minimum Gasteiger partial charge on any atom is -0.481 e. The van der Waals surface area contributed by atoms with Crippen molar-refractivity contribution in [3.05, 3.63) is 29.5 Å². The van der Waals surface area contributed by atoms with Gasteiger partial charge in [-0.2, -0.15) is 0 Å². The summed E-state index contributed by atoms with van der Waals surface area (Å²) in [6.45, 7) is 1.62. The lowest BCUT2D eigenvalue weighted by molar-refractivity contribution is -0.146. The van der Waals surface area contributed by atoms with Gasteiger partial charge in [0.05, 0.1) is 16.5 Å². The number of aliphatic carboxylic acids is 2. The van der Waals surface area contributed by atoms with E-state index in [4.69, 9.17) is 15.6 Å². The van der Waals surface area contributed by atoms with Crippen molar-refractivity contribution in [2.75, 3.05) is 0 Å². The molecule has 0 spiro atoms. The Bertz CT molecular complexity index is 913. The molecule has 0 bridgehead atoms. The minimum atomic E-state index is -1.42. The van der Waals surface area contributed by atoms with E-state index in [-0.39, 0.29) is 23.1 Å². The maximum absolute atomic E-state index is 12.2. The van der Waals surface area contributed by atoms with E-state index < -0.39 is 36.2 Å². The first-order chi connectivity index (χ1) is 12.1. The second-order valence-corrected chi connectivity index (χ2v) is 5.74. The number of benzene rings is 1. The third-order valence-corrected chi connectivity index (χ3v) is 4.10. The van der Waals surface area contributed by atoms with E-state index >= 15 is 0 Å². The SMILES string of the molecule is Cc1c(C(=O)C(N)=O)c2c(OC(CCC(=O)O)C(=O)O)cccc2n1C. The molecule has 2 rings (SSSR count). The second kappa shape index (κ2) is 7.26. The number of amides is 1. The van der Waals surface area contributed by atoms with E-state index in [0.717, 1.165) is 0 Å². The van der Waals surface area contributed by atoms with Crippen molar-refractivity contribution in [3.63, 3.8) is 0 Å². The lowest BCUT2D eigenvalue weighted by atomic mass is 10.1. The van der Waals surface area contributed by atoms with Crippen LogP contribution < -0.4 is 10.5 Å². The molecule has 9 heteroatoms. The minimum absolute atomic E-state index is 0.0352. The summed E-state index contributed by atoms with van der Waals surface area (Å²) in [5, 5.41) is 18.3. The summed E-state index contributed by atoms with van der Waals surface area (Å²) in [6.07, 6.45) is -2.08. The number of ether oxygens (including phenoxy) is 1. The number of nitrogens with zero attached hydrogens (tertiary/aromatic N) is 1. The maximum Gasteiger partial charge on any atom is 0.344 e. The van der Waals surface area contributed by atoms with Gasteiger partial charge in [-0.25, -0.2) is 4.79 Å². The summed E-state index contributed by atoms with van der Waals surface area (Å²) in [4.78, 5) is 45.7. The Hall–Kier alpha value is -3.36. The Balaban J connectivity index is 2.58. The summed E-state index contributed by atoms with van der Waals surface area (Å²) in [6, 6.07) is 4.74. The Labute approximate surface area is 148 Å². The van der Waals surface area contributed by atoms with Gasteiger partial charge in [0, 0.05) is 25.6 Å². The lowest BCUT2D eigenvalue weighted by Gasteiger charge is -2.15. The highest BCUT2D eigenvalue weighted by Crippen LogP contribution is 2.34. The third-order valence-electron chi connectivity index (χ3n) is 4.10. The molecule has 138 valence electrons. The molecular formula is C17H18N2O7. The number of carbonyl (C=O) groups excluding carboxylic acids is 2. The highest BCUT2D eigenvalue weighted by atomic mass is 16.5. The van der Waals surface area contributed by atoms with Crippen LogP contribution in [0, 0.1) is 6.92 Å². The lowest BCUT2D eigenvalue weighted by Crippen LogP contribution is -2.28. The van der Waals surface area contributed by atoms with Crippen molar-refractivity contribution in [1.82, 2.24) is 4.57 Å². The number of fused-ring (bicyclic) bond motifs is 1. The zero-order valence-corrected chi connectivity index (χ0v) is 14.2. The molecule has 26 heavy (non-hydrogen) atoms. The molecule has 2 aromatic rings. The number of rotatable bonds is 8. The molecule has 9 nitrogen and oxygen atoms in total. The smallest absolute Gasteiger partial charge is 0.344 e. The van der Waals surface area contributed by atoms with E-state index in [0.29, 0.717) is 11.2 Å². The number of hydrogen-bond donors (Lipinski definition) is 3. The first-order valence-electron chi connectivity index (χ1n) is 7.68. The molecule has 0 aliphatic carbocycles. The number of primary amides is 1. The average Bonchev–Trinajstić information content (AvgIpc) is 2.82. The first kappa shape index (κ1) is 19.0. The van der Waals surface area contributed by atoms with Crippen LogP contribution >= 0.6 is 0 Å². The van der Waals surface area contributed by atoms with Gasteiger partial charge in [-0.3, -0.25) is 14.4 Å². The number of carboxylic acids is 2. The quantitative estimate of drug-likeness (QED) is 0.465. The van der Waals surface area contributed by atoms with Gasteiger partial charge in [0.2, 0.25) is 0 Å². The van der Waals surface area contributed by atoms with Crippen LogP contribution in [0.1, 0.15) is 28.9 Å². The Morgan fingerprint density at radius 1 is 1.23 bits per heavy atom. The van der Waals surface area contributed by atoms with Gasteiger partial charge < -0.3 is 25.3 Å². The zero-order valence-electron chi connectivity index (χ0n) is 14.2. The molecule has 1 unspecified atom stereocenters. The van der Waals surface area contributed by atoms with Crippen molar-refractivity contribution < 1.29 is 34.1 Å². The van der Waals surface area contributed by atoms with E-state index in [1.807, 2.05) is 0 Å². The van der Waals surface area contributed by atoms with E-state index in [1.165, 1.54) is 6.07 Å². The predicted octanol–water partition coefficient (Wildman–Crippen LogP) is 0.852. The van der Waals surface area contributed by atoms with Crippen molar-refractivity contribution in [3.8, 4) is 5.75 Å². The van der Waals surface area contributed by atoms with Crippen LogP contribution in [0.2, 0.25) is 0 Å². The van der Waals surface area contributed by atoms with Crippen molar-refractivity contribution >= 4 is 34.5 Å². The van der Waals surface area contributed by atoms with Gasteiger partial charge >= 0.3 is 11.9 Å². The number of aromatic nitrogens is 1. The summed E-state index contributed by atoms with van der Waals surface area (Å²) >= 11 is 0. The van der Waals surface area contributed by atoms with Gasteiger partial charge in [-0.1, -0.05) is 6.07 Å². The fourth-order valence-corrected chi connectivity index (χ4v) is 2.72. The Morgan fingerprint density at radius 3 is 2.42 bits per heavy atom.